The Hall–Kier alpha value is -1.84. The molecule has 1 aromatic carbocycles. The van der Waals surface area contributed by atoms with E-state index in [1.807, 2.05) is 0 Å². The van der Waals surface area contributed by atoms with Gasteiger partial charge in [-0.2, -0.15) is 0 Å². The van der Waals surface area contributed by atoms with Gasteiger partial charge in [0.25, 0.3) is 0 Å². The van der Waals surface area contributed by atoms with Crippen LogP contribution in [0.1, 0.15) is 42.0 Å². The highest BCUT2D eigenvalue weighted by atomic mass is 16.4. The fourth-order valence-corrected chi connectivity index (χ4v) is 3.28. The summed E-state index contributed by atoms with van der Waals surface area (Å²) < 4.78 is 0. The van der Waals surface area contributed by atoms with Gasteiger partial charge in [0.05, 0.1) is 17.9 Å². The summed E-state index contributed by atoms with van der Waals surface area (Å²) in [7, 11) is 0. The Kier molecular flexibility index (Phi) is 3.24. The Bertz CT molecular complexity index is 567. The summed E-state index contributed by atoms with van der Waals surface area (Å²) in [4.78, 5) is 23.2. The van der Waals surface area contributed by atoms with E-state index in [0.717, 1.165) is 12.8 Å². The van der Waals surface area contributed by atoms with E-state index in [9.17, 15) is 9.59 Å². The first-order valence-corrected chi connectivity index (χ1v) is 7.19. The predicted molar refractivity (Wildman–Crippen MR) is 74.2 cm³/mol. The van der Waals surface area contributed by atoms with Gasteiger partial charge in [0.15, 0.2) is 0 Å². The lowest BCUT2D eigenvalue weighted by molar-refractivity contribution is -0.153. The Balaban J connectivity index is 1.68. The van der Waals surface area contributed by atoms with E-state index in [2.05, 4.69) is 30.4 Å². The molecule has 0 aliphatic heterocycles. The van der Waals surface area contributed by atoms with Crippen LogP contribution in [0.3, 0.4) is 0 Å². The van der Waals surface area contributed by atoms with Crippen LogP contribution < -0.4 is 5.32 Å². The summed E-state index contributed by atoms with van der Waals surface area (Å²) >= 11 is 0. The minimum Gasteiger partial charge on any atom is -0.481 e. The fourth-order valence-electron chi connectivity index (χ4n) is 3.28. The summed E-state index contributed by atoms with van der Waals surface area (Å²) in [5.74, 6) is -1.78. The third kappa shape index (κ3) is 2.19. The summed E-state index contributed by atoms with van der Waals surface area (Å²) in [6.07, 6.45) is 3.20. The van der Waals surface area contributed by atoms with E-state index in [4.69, 9.17) is 5.11 Å². The molecule has 2 N–H and O–H groups in total. The molecule has 3 atom stereocenters. The van der Waals surface area contributed by atoms with E-state index >= 15 is 0 Å². The molecule has 1 aromatic rings. The van der Waals surface area contributed by atoms with Crippen molar-refractivity contribution in [3.63, 3.8) is 0 Å². The number of rotatable bonds is 3. The summed E-state index contributed by atoms with van der Waals surface area (Å²) in [6.45, 7) is 2.07. The van der Waals surface area contributed by atoms with Crippen LogP contribution in [0.2, 0.25) is 0 Å². The van der Waals surface area contributed by atoms with Crippen molar-refractivity contribution in [3.8, 4) is 0 Å². The van der Waals surface area contributed by atoms with Gasteiger partial charge in [-0.3, -0.25) is 9.59 Å². The van der Waals surface area contributed by atoms with E-state index in [-0.39, 0.29) is 17.9 Å². The minimum atomic E-state index is -0.848. The standard InChI is InChI=1S/C16H19NO3/c1-9-2-4-11-10(8-9)3-7-14(11)17-15(18)12-5-6-13(12)16(19)20/h2,4,8,12-14H,3,5-7H2,1H3,(H,17,18)(H,19,20). The molecular weight excluding hydrogens is 254 g/mol. The molecule has 4 nitrogen and oxygen atoms in total. The van der Waals surface area contributed by atoms with Crippen LogP contribution in [-0.4, -0.2) is 17.0 Å². The van der Waals surface area contributed by atoms with Crippen molar-refractivity contribution in [2.45, 2.75) is 38.6 Å². The van der Waals surface area contributed by atoms with Gasteiger partial charge in [-0.15, -0.1) is 0 Å². The molecule has 2 aliphatic rings. The first kappa shape index (κ1) is 13.2. The van der Waals surface area contributed by atoms with Gasteiger partial charge < -0.3 is 10.4 Å². The normalized spacial score (nSPS) is 27.6. The largest absolute Gasteiger partial charge is 0.481 e. The maximum Gasteiger partial charge on any atom is 0.307 e. The fraction of sp³-hybridized carbons (Fsp3) is 0.500. The number of carboxylic acids is 1. The Morgan fingerprint density at radius 2 is 1.95 bits per heavy atom. The molecule has 1 fully saturated rings. The zero-order valence-electron chi connectivity index (χ0n) is 11.6. The topological polar surface area (TPSA) is 66.4 Å². The monoisotopic (exact) mass is 273 g/mol. The molecule has 1 saturated carbocycles. The number of fused-ring (bicyclic) bond motifs is 1. The van der Waals surface area contributed by atoms with Crippen molar-refractivity contribution in [2.75, 3.05) is 0 Å². The predicted octanol–water partition coefficient (Wildman–Crippen LogP) is 2.21. The zero-order valence-corrected chi connectivity index (χ0v) is 11.6. The van der Waals surface area contributed by atoms with Crippen molar-refractivity contribution >= 4 is 11.9 Å². The van der Waals surface area contributed by atoms with E-state index in [1.165, 1.54) is 16.7 Å². The summed E-state index contributed by atoms with van der Waals surface area (Å²) in [5.41, 5.74) is 3.73. The Morgan fingerprint density at radius 1 is 1.20 bits per heavy atom. The van der Waals surface area contributed by atoms with Gasteiger partial charge in [-0.05, 0) is 43.7 Å². The molecular formula is C16H19NO3. The van der Waals surface area contributed by atoms with E-state index < -0.39 is 11.9 Å². The average Bonchev–Trinajstić information content (AvgIpc) is 2.69. The summed E-state index contributed by atoms with van der Waals surface area (Å²) in [5, 5.41) is 12.1. The van der Waals surface area contributed by atoms with Crippen molar-refractivity contribution in [1.29, 1.82) is 0 Å². The number of carboxylic acid groups (broad SMARTS) is 1. The number of carbonyl (C=O) groups excluding carboxylic acids is 1. The highest BCUT2D eigenvalue weighted by molar-refractivity contribution is 5.86. The number of aryl methyl sites for hydroxylation is 2. The van der Waals surface area contributed by atoms with E-state index in [1.54, 1.807) is 0 Å². The molecule has 2 aliphatic carbocycles. The molecule has 1 amide bonds. The Labute approximate surface area is 118 Å². The van der Waals surface area contributed by atoms with Crippen LogP contribution >= 0.6 is 0 Å². The van der Waals surface area contributed by atoms with Crippen LogP contribution in [0.4, 0.5) is 0 Å². The molecule has 0 spiro atoms. The SMILES string of the molecule is Cc1ccc2c(c1)CCC2NC(=O)C1CCC1C(=O)O. The number of aliphatic carboxylic acids is 1. The lowest BCUT2D eigenvalue weighted by Gasteiger charge is -2.33. The van der Waals surface area contributed by atoms with Gasteiger partial charge in [0, 0.05) is 0 Å². The molecule has 0 saturated heterocycles. The molecule has 3 rings (SSSR count). The van der Waals surface area contributed by atoms with Crippen LogP contribution in [0.25, 0.3) is 0 Å². The lowest BCUT2D eigenvalue weighted by Crippen LogP contribution is -2.44. The summed E-state index contributed by atoms with van der Waals surface area (Å²) in [6, 6.07) is 6.36. The quantitative estimate of drug-likeness (QED) is 0.887. The lowest BCUT2D eigenvalue weighted by atomic mass is 9.73. The van der Waals surface area contributed by atoms with Gasteiger partial charge in [0.2, 0.25) is 5.91 Å². The molecule has 0 aromatic heterocycles. The minimum absolute atomic E-state index is 0.0492. The van der Waals surface area contributed by atoms with Gasteiger partial charge >= 0.3 is 5.97 Å². The van der Waals surface area contributed by atoms with E-state index in [0.29, 0.717) is 12.8 Å². The molecule has 106 valence electrons. The number of carbonyl (C=O) groups is 2. The second-order valence-corrected chi connectivity index (χ2v) is 5.93. The van der Waals surface area contributed by atoms with Gasteiger partial charge in [0.1, 0.15) is 0 Å². The third-order valence-electron chi connectivity index (χ3n) is 4.62. The number of hydrogen-bond donors (Lipinski definition) is 2. The van der Waals surface area contributed by atoms with Gasteiger partial charge in [-0.1, -0.05) is 23.8 Å². The Morgan fingerprint density at radius 3 is 2.60 bits per heavy atom. The third-order valence-corrected chi connectivity index (χ3v) is 4.62. The molecule has 4 heteroatoms. The number of nitrogens with one attached hydrogen (secondary N) is 1. The average molecular weight is 273 g/mol. The van der Waals surface area contributed by atoms with Crippen molar-refractivity contribution in [2.24, 2.45) is 11.8 Å². The van der Waals surface area contributed by atoms with Crippen molar-refractivity contribution in [3.05, 3.63) is 34.9 Å². The van der Waals surface area contributed by atoms with Crippen LogP contribution in [0, 0.1) is 18.8 Å². The van der Waals surface area contributed by atoms with Crippen molar-refractivity contribution < 1.29 is 14.7 Å². The smallest absolute Gasteiger partial charge is 0.307 e. The molecule has 0 bridgehead atoms. The van der Waals surface area contributed by atoms with Crippen LogP contribution in [-0.2, 0) is 16.0 Å². The number of benzene rings is 1. The maximum absolute atomic E-state index is 12.2. The molecule has 3 unspecified atom stereocenters. The number of amides is 1. The van der Waals surface area contributed by atoms with Crippen LogP contribution in [0.5, 0.6) is 0 Å². The maximum atomic E-state index is 12.2. The van der Waals surface area contributed by atoms with Gasteiger partial charge in [-0.25, -0.2) is 0 Å². The first-order chi connectivity index (χ1) is 9.56. The van der Waals surface area contributed by atoms with Crippen molar-refractivity contribution in [1.82, 2.24) is 5.32 Å². The second kappa shape index (κ2) is 4.93. The second-order valence-electron chi connectivity index (χ2n) is 5.93. The first-order valence-electron chi connectivity index (χ1n) is 7.19. The number of hydrogen-bond acceptors (Lipinski definition) is 2. The molecule has 20 heavy (non-hydrogen) atoms. The molecule has 0 radical (unpaired) electrons. The highest BCUT2D eigenvalue weighted by Gasteiger charge is 2.42. The zero-order chi connectivity index (χ0) is 14.3. The molecule has 0 heterocycles. The van der Waals surface area contributed by atoms with Crippen LogP contribution in [0.15, 0.2) is 18.2 Å². The highest BCUT2D eigenvalue weighted by Crippen LogP contribution is 2.37.